The monoisotopic (exact) mass is 298 g/mol. The lowest BCUT2D eigenvalue weighted by Crippen LogP contribution is -2.45. The van der Waals surface area contributed by atoms with Gasteiger partial charge in [0.1, 0.15) is 6.10 Å². The maximum atomic E-state index is 11.9. The number of nitrogens with one attached hydrogen (secondary N) is 2. The van der Waals surface area contributed by atoms with Gasteiger partial charge in [0.25, 0.3) is 0 Å². The Hall–Kier alpha value is -1.11. The molecule has 2 heterocycles. The van der Waals surface area contributed by atoms with E-state index >= 15 is 0 Å². The quantitative estimate of drug-likeness (QED) is 0.876. The van der Waals surface area contributed by atoms with E-state index in [2.05, 4.69) is 23.6 Å². The van der Waals surface area contributed by atoms with Crippen LogP contribution in [0.4, 0.5) is 4.79 Å². The molecule has 0 aromatic carbocycles. The number of hydrogen-bond donors (Lipinski definition) is 2. The number of hydrogen-bond acceptors (Lipinski definition) is 4. The van der Waals surface area contributed by atoms with Gasteiger partial charge in [0.15, 0.2) is 0 Å². The molecule has 1 saturated heterocycles. The van der Waals surface area contributed by atoms with Gasteiger partial charge in [0.2, 0.25) is 0 Å². The van der Waals surface area contributed by atoms with E-state index < -0.39 is 0 Å². The van der Waals surface area contributed by atoms with Gasteiger partial charge in [-0.25, -0.2) is 4.79 Å². The van der Waals surface area contributed by atoms with Gasteiger partial charge >= 0.3 is 6.03 Å². The molecule has 1 aliphatic heterocycles. The molecule has 1 aliphatic rings. The number of aryl methyl sites for hydroxylation is 1. The van der Waals surface area contributed by atoms with Crippen molar-refractivity contribution < 1.29 is 14.3 Å². The van der Waals surface area contributed by atoms with Crippen LogP contribution >= 0.6 is 11.3 Å². The molecule has 0 unspecified atom stereocenters. The molecule has 0 aliphatic carbocycles. The highest BCUT2D eigenvalue weighted by molar-refractivity contribution is 7.12. The number of carbonyl (C=O) groups is 1. The lowest BCUT2D eigenvalue weighted by atomic mass is 10.1. The first-order chi connectivity index (χ1) is 9.69. The van der Waals surface area contributed by atoms with Crippen LogP contribution in [0.5, 0.6) is 0 Å². The second-order valence-corrected chi connectivity index (χ2v) is 6.23. The van der Waals surface area contributed by atoms with Gasteiger partial charge in [0.05, 0.1) is 6.54 Å². The van der Waals surface area contributed by atoms with Crippen LogP contribution in [0.2, 0.25) is 0 Å². The Morgan fingerprint density at radius 1 is 1.50 bits per heavy atom. The normalized spacial score (nSPS) is 17.7. The van der Waals surface area contributed by atoms with E-state index in [1.165, 1.54) is 4.88 Å². The fourth-order valence-electron chi connectivity index (χ4n) is 2.19. The molecule has 1 fully saturated rings. The summed E-state index contributed by atoms with van der Waals surface area (Å²) in [4.78, 5) is 14.2. The Morgan fingerprint density at radius 2 is 2.25 bits per heavy atom. The second kappa shape index (κ2) is 7.61. The summed E-state index contributed by atoms with van der Waals surface area (Å²) >= 11 is 1.69. The molecule has 2 rings (SSSR count). The number of ether oxygens (including phenoxy) is 2. The second-order valence-electron chi connectivity index (χ2n) is 4.91. The lowest BCUT2D eigenvalue weighted by Gasteiger charge is -2.23. The Balaban J connectivity index is 1.76. The van der Waals surface area contributed by atoms with Crippen LogP contribution < -0.4 is 10.6 Å². The van der Waals surface area contributed by atoms with Crippen LogP contribution in [0.3, 0.4) is 0 Å². The minimum Gasteiger partial charge on any atom is -0.381 e. The molecule has 5 nitrogen and oxygen atoms in total. The van der Waals surface area contributed by atoms with Crippen LogP contribution in [0, 0.1) is 6.92 Å². The highest BCUT2D eigenvalue weighted by atomic mass is 32.1. The van der Waals surface area contributed by atoms with Crippen molar-refractivity contribution in [3.8, 4) is 0 Å². The van der Waals surface area contributed by atoms with Crippen LogP contribution in [-0.2, 0) is 9.47 Å². The summed E-state index contributed by atoms with van der Waals surface area (Å²) in [6.07, 6.45) is 1.67. The molecule has 1 atom stereocenters. The topological polar surface area (TPSA) is 59.6 Å². The van der Waals surface area contributed by atoms with Gasteiger partial charge in [-0.3, -0.25) is 0 Å². The third-order valence-electron chi connectivity index (χ3n) is 3.37. The van der Waals surface area contributed by atoms with Crippen molar-refractivity contribution in [2.45, 2.75) is 31.9 Å². The summed E-state index contributed by atoms with van der Waals surface area (Å²) in [7, 11) is 1.66. The van der Waals surface area contributed by atoms with Crippen molar-refractivity contribution in [3.63, 3.8) is 0 Å². The van der Waals surface area contributed by atoms with E-state index in [4.69, 9.17) is 9.47 Å². The molecule has 1 aromatic heterocycles. The predicted molar refractivity (Wildman–Crippen MR) is 79.2 cm³/mol. The van der Waals surface area contributed by atoms with E-state index in [1.807, 2.05) is 6.07 Å². The molecular formula is C14H22N2O3S. The minimum absolute atomic E-state index is 0.0888. The number of amides is 2. The maximum absolute atomic E-state index is 11.9. The molecular weight excluding hydrogens is 276 g/mol. The number of thiophene rings is 1. The van der Waals surface area contributed by atoms with Crippen molar-refractivity contribution in [3.05, 3.63) is 21.9 Å². The van der Waals surface area contributed by atoms with E-state index in [1.54, 1.807) is 18.4 Å². The number of carbonyl (C=O) groups excluding carboxylic acids is 1. The molecule has 0 radical (unpaired) electrons. The fourth-order valence-corrected chi connectivity index (χ4v) is 3.15. The molecule has 2 amide bonds. The van der Waals surface area contributed by atoms with Crippen LogP contribution in [-0.4, -0.2) is 38.9 Å². The minimum atomic E-state index is -0.132. The average Bonchev–Trinajstić information content (AvgIpc) is 2.87. The summed E-state index contributed by atoms with van der Waals surface area (Å²) in [5.74, 6) is 0. The zero-order valence-corrected chi connectivity index (χ0v) is 12.8. The first-order valence-electron chi connectivity index (χ1n) is 6.90. The Morgan fingerprint density at radius 3 is 2.85 bits per heavy atom. The first-order valence-corrected chi connectivity index (χ1v) is 7.72. The van der Waals surface area contributed by atoms with E-state index in [0.717, 1.165) is 30.9 Å². The van der Waals surface area contributed by atoms with E-state index in [0.29, 0.717) is 6.54 Å². The molecule has 6 heteroatoms. The Kier molecular flexibility index (Phi) is 5.82. The predicted octanol–water partition coefficient (Wildman–Crippen LogP) is 2.22. The van der Waals surface area contributed by atoms with Gasteiger partial charge in [-0.1, -0.05) is 0 Å². The zero-order valence-electron chi connectivity index (χ0n) is 12.0. The van der Waals surface area contributed by atoms with Crippen molar-refractivity contribution in [2.75, 3.05) is 26.9 Å². The standard InChI is InChI=1S/C14H22N2O3S/c1-10-3-4-13(20-10)12(18-2)9-15-14(17)16-11-5-7-19-8-6-11/h3-4,11-12H,5-9H2,1-2H3,(H2,15,16,17)/t12-/m1/s1. The largest absolute Gasteiger partial charge is 0.381 e. The van der Waals surface area contributed by atoms with Gasteiger partial charge in [0, 0.05) is 36.1 Å². The fraction of sp³-hybridized carbons (Fsp3) is 0.643. The SMILES string of the molecule is CO[C@H](CNC(=O)NC1CCOCC1)c1ccc(C)s1. The van der Waals surface area contributed by atoms with Crippen LogP contribution in [0.25, 0.3) is 0 Å². The molecule has 0 bridgehead atoms. The van der Waals surface area contributed by atoms with Gasteiger partial charge in [-0.15, -0.1) is 11.3 Å². The van der Waals surface area contributed by atoms with Crippen molar-refractivity contribution in [1.29, 1.82) is 0 Å². The lowest BCUT2D eigenvalue weighted by molar-refractivity contribution is 0.0792. The van der Waals surface area contributed by atoms with E-state index in [9.17, 15) is 4.79 Å². The average molecular weight is 298 g/mol. The number of urea groups is 1. The molecule has 0 spiro atoms. The van der Waals surface area contributed by atoms with Crippen molar-refractivity contribution >= 4 is 17.4 Å². The summed E-state index contributed by atoms with van der Waals surface area (Å²) < 4.78 is 10.7. The molecule has 1 aromatic rings. The zero-order chi connectivity index (χ0) is 14.4. The van der Waals surface area contributed by atoms with Crippen LogP contribution in [0.15, 0.2) is 12.1 Å². The highest BCUT2D eigenvalue weighted by Gasteiger charge is 2.18. The third kappa shape index (κ3) is 4.47. The van der Waals surface area contributed by atoms with Gasteiger partial charge < -0.3 is 20.1 Å². The summed E-state index contributed by atoms with van der Waals surface area (Å²) in [6, 6.07) is 4.20. The highest BCUT2D eigenvalue weighted by Crippen LogP contribution is 2.24. The Bertz CT molecular complexity index is 430. The summed E-state index contributed by atoms with van der Waals surface area (Å²) in [5, 5.41) is 5.85. The number of rotatable bonds is 5. The van der Waals surface area contributed by atoms with Crippen molar-refractivity contribution in [2.24, 2.45) is 0 Å². The van der Waals surface area contributed by atoms with Crippen molar-refractivity contribution in [1.82, 2.24) is 10.6 Å². The maximum Gasteiger partial charge on any atom is 0.315 e. The molecule has 0 saturated carbocycles. The summed E-state index contributed by atoms with van der Waals surface area (Å²) in [6.45, 7) is 3.98. The molecule has 2 N–H and O–H groups in total. The smallest absolute Gasteiger partial charge is 0.315 e. The molecule has 20 heavy (non-hydrogen) atoms. The number of methoxy groups -OCH3 is 1. The molecule has 112 valence electrons. The summed E-state index contributed by atoms with van der Waals surface area (Å²) in [5.41, 5.74) is 0. The van der Waals surface area contributed by atoms with E-state index in [-0.39, 0.29) is 18.2 Å². The van der Waals surface area contributed by atoms with Gasteiger partial charge in [-0.2, -0.15) is 0 Å². The van der Waals surface area contributed by atoms with Gasteiger partial charge in [-0.05, 0) is 31.9 Å². The Labute approximate surface area is 123 Å². The first kappa shape index (κ1) is 15.3. The third-order valence-corrected chi connectivity index (χ3v) is 4.46. The van der Waals surface area contributed by atoms with Crippen LogP contribution in [0.1, 0.15) is 28.7 Å².